The summed E-state index contributed by atoms with van der Waals surface area (Å²) in [4.78, 5) is 22.0. The van der Waals surface area contributed by atoms with Crippen molar-refractivity contribution >= 4 is 22.4 Å². The predicted octanol–water partition coefficient (Wildman–Crippen LogP) is 1.11. The molecule has 2 heterocycles. The van der Waals surface area contributed by atoms with E-state index in [-0.39, 0.29) is 18.5 Å². The van der Waals surface area contributed by atoms with Crippen molar-refractivity contribution in [1.82, 2.24) is 25.1 Å². The van der Waals surface area contributed by atoms with Gasteiger partial charge in [0.1, 0.15) is 17.9 Å². The Balaban J connectivity index is 1.88. The van der Waals surface area contributed by atoms with E-state index >= 15 is 0 Å². The molecule has 0 aromatic carbocycles. The van der Waals surface area contributed by atoms with E-state index < -0.39 is 0 Å². The summed E-state index contributed by atoms with van der Waals surface area (Å²) in [7, 11) is 3.45. The molecule has 0 aliphatic rings. The summed E-state index contributed by atoms with van der Waals surface area (Å²) in [5.74, 6) is -0.150. The van der Waals surface area contributed by atoms with E-state index in [4.69, 9.17) is 4.74 Å². The normalized spacial score (nSPS) is 12.4. The van der Waals surface area contributed by atoms with Crippen LogP contribution in [-0.2, 0) is 16.1 Å². The van der Waals surface area contributed by atoms with Crippen LogP contribution in [0, 0.1) is 0 Å². The second kappa shape index (κ2) is 7.87. The van der Waals surface area contributed by atoms with E-state index in [1.54, 1.807) is 13.3 Å². The van der Waals surface area contributed by atoms with Crippen LogP contribution in [0.25, 0.3) is 0 Å². The second-order valence-corrected chi connectivity index (χ2v) is 5.77. The van der Waals surface area contributed by atoms with Gasteiger partial charge in [-0.3, -0.25) is 15.0 Å². The minimum Gasteiger partial charge on any atom is -0.377 e. The summed E-state index contributed by atoms with van der Waals surface area (Å²) in [6.45, 7) is 2.60. The Kier molecular flexibility index (Phi) is 5.87. The topological polar surface area (TPSA) is 93.1 Å². The molecular weight excluding hydrogens is 304 g/mol. The largest absolute Gasteiger partial charge is 0.377 e. The monoisotopic (exact) mass is 322 g/mol. The van der Waals surface area contributed by atoms with Gasteiger partial charge in [-0.05, 0) is 20.0 Å². The number of rotatable bonds is 7. The number of amides is 1. The molecule has 0 spiro atoms. The first-order valence-electron chi connectivity index (χ1n) is 6.67. The van der Waals surface area contributed by atoms with Crippen LogP contribution >= 0.6 is 11.3 Å². The Hall–Kier alpha value is -1.97. The summed E-state index contributed by atoms with van der Waals surface area (Å²) >= 11 is 1.30. The number of hydrogen-bond donors (Lipinski definition) is 1. The van der Waals surface area contributed by atoms with Crippen molar-refractivity contribution in [2.75, 3.05) is 26.0 Å². The van der Waals surface area contributed by atoms with Gasteiger partial charge >= 0.3 is 0 Å². The third-order valence-corrected chi connectivity index (χ3v) is 3.88. The summed E-state index contributed by atoms with van der Waals surface area (Å²) in [5, 5.41) is 11.8. The van der Waals surface area contributed by atoms with Crippen molar-refractivity contribution in [2.45, 2.75) is 19.6 Å². The average molecular weight is 322 g/mol. The van der Waals surface area contributed by atoms with Gasteiger partial charge in [0.25, 0.3) is 0 Å². The molecule has 118 valence electrons. The van der Waals surface area contributed by atoms with E-state index in [0.29, 0.717) is 11.7 Å². The second-order valence-electron chi connectivity index (χ2n) is 4.71. The Morgan fingerprint density at radius 1 is 1.50 bits per heavy atom. The van der Waals surface area contributed by atoms with E-state index in [9.17, 15) is 4.79 Å². The maximum Gasteiger partial charge on any atom is 0.240 e. The maximum atomic E-state index is 12.0. The van der Waals surface area contributed by atoms with Crippen molar-refractivity contribution in [3.8, 4) is 0 Å². The molecule has 1 N–H and O–H groups in total. The van der Waals surface area contributed by atoms with Gasteiger partial charge in [-0.2, -0.15) is 0 Å². The molecule has 2 rings (SSSR count). The molecule has 1 atom stereocenters. The van der Waals surface area contributed by atoms with E-state index in [0.717, 1.165) is 10.7 Å². The molecule has 0 bridgehead atoms. The van der Waals surface area contributed by atoms with Crippen molar-refractivity contribution in [3.05, 3.63) is 29.3 Å². The van der Waals surface area contributed by atoms with Gasteiger partial charge in [0.05, 0.1) is 12.2 Å². The molecule has 1 amide bonds. The molecule has 0 radical (unpaired) electrons. The summed E-state index contributed by atoms with van der Waals surface area (Å²) in [6, 6.07) is 1.84. The Bertz CT molecular complexity index is 606. The zero-order valence-electron chi connectivity index (χ0n) is 12.7. The summed E-state index contributed by atoms with van der Waals surface area (Å²) < 4.78 is 4.97. The van der Waals surface area contributed by atoms with Gasteiger partial charge < -0.3 is 4.74 Å². The third-order valence-electron chi connectivity index (χ3n) is 3.07. The fourth-order valence-electron chi connectivity index (χ4n) is 1.78. The minimum absolute atomic E-state index is 0.00669. The molecule has 2 aromatic heterocycles. The highest BCUT2D eigenvalue weighted by Crippen LogP contribution is 2.17. The smallest absolute Gasteiger partial charge is 0.240 e. The lowest BCUT2D eigenvalue weighted by atomic mass is 10.2. The number of likely N-dealkylation sites (N-methyl/N-ethyl adjacent to an activating group) is 1. The first-order valence-corrected chi connectivity index (χ1v) is 7.49. The number of anilines is 1. The number of nitrogens with one attached hydrogen (secondary N) is 1. The van der Waals surface area contributed by atoms with Crippen molar-refractivity contribution in [1.29, 1.82) is 0 Å². The predicted molar refractivity (Wildman–Crippen MR) is 82.3 cm³/mol. The molecule has 8 nitrogen and oxygen atoms in total. The van der Waals surface area contributed by atoms with Crippen molar-refractivity contribution in [2.24, 2.45) is 0 Å². The van der Waals surface area contributed by atoms with Gasteiger partial charge in [-0.15, -0.1) is 10.2 Å². The molecule has 0 saturated heterocycles. The average Bonchev–Trinajstić information content (AvgIpc) is 2.94. The molecule has 1 unspecified atom stereocenters. The van der Waals surface area contributed by atoms with Crippen LogP contribution in [0.1, 0.15) is 23.7 Å². The van der Waals surface area contributed by atoms with Crippen LogP contribution in [-0.4, -0.2) is 51.7 Å². The quantitative estimate of drug-likeness (QED) is 0.816. The van der Waals surface area contributed by atoms with Gasteiger partial charge in [0, 0.05) is 19.3 Å². The number of ether oxygens (including phenoxy) is 1. The highest BCUT2D eigenvalue weighted by atomic mass is 32.1. The molecular formula is C13H18N6O2S. The zero-order valence-corrected chi connectivity index (χ0v) is 13.5. The van der Waals surface area contributed by atoms with Gasteiger partial charge in [0.2, 0.25) is 11.0 Å². The Morgan fingerprint density at radius 2 is 2.32 bits per heavy atom. The zero-order chi connectivity index (χ0) is 15.9. The maximum absolute atomic E-state index is 12.0. The third kappa shape index (κ3) is 4.52. The van der Waals surface area contributed by atoms with Gasteiger partial charge in [-0.25, -0.2) is 9.97 Å². The van der Waals surface area contributed by atoms with Crippen molar-refractivity contribution < 1.29 is 9.53 Å². The van der Waals surface area contributed by atoms with Crippen LogP contribution in [0.2, 0.25) is 0 Å². The van der Waals surface area contributed by atoms with Crippen LogP contribution in [0.5, 0.6) is 0 Å². The number of methoxy groups -OCH3 is 1. The number of carbonyl (C=O) groups excluding carboxylic acids is 1. The van der Waals surface area contributed by atoms with E-state index in [1.165, 1.54) is 17.7 Å². The number of carbonyl (C=O) groups is 1. The standard InChI is InChI=1S/C13H18N6O2S/c1-9(10-4-5-14-8-15-10)19(2)6-11(20)16-13-18-17-12(22-13)7-21-3/h4-5,8-9H,6-7H2,1-3H3,(H,16,18,20). The number of aromatic nitrogens is 4. The first-order chi connectivity index (χ1) is 10.6. The first kappa shape index (κ1) is 16.4. The van der Waals surface area contributed by atoms with Crippen LogP contribution in [0.4, 0.5) is 5.13 Å². The van der Waals surface area contributed by atoms with E-state index in [2.05, 4.69) is 25.5 Å². The highest BCUT2D eigenvalue weighted by molar-refractivity contribution is 7.15. The van der Waals surface area contributed by atoms with Crippen molar-refractivity contribution in [3.63, 3.8) is 0 Å². The van der Waals surface area contributed by atoms with Crippen LogP contribution < -0.4 is 5.32 Å². The lowest BCUT2D eigenvalue weighted by Crippen LogP contribution is -2.32. The van der Waals surface area contributed by atoms with Crippen LogP contribution in [0.3, 0.4) is 0 Å². The van der Waals surface area contributed by atoms with Crippen LogP contribution in [0.15, 0.2) is 18.6 Å². The lowest BCUT2D eigenvalue weighted by molar-refractivity contribution is -0.117. The SMILES string of the molecule is COCc1nnc(NC(=O)CN(C)C(C)c2ccncn2)s1. The number of hydrogen-bond acceptors (Lipinski definition) is 8. The Morgan fingerprint density at radius 3 is 3.00 bits per heavy atom. The molecule has 0 fully saturated rings. The van der Waals surface area contributed by atoms with E-state index in [1.807, 2.05) is 24.9 Å². The molecule has 22 heavy (non-hydrogen) atoms. The molecule has 2 aromatic rings. The molecule has 0 aliphatic carbocycles. The fourth-order valence-corrected chi connectivity index (χ4v) is 2.51. The fraction of sp³-hybridized carbons (Fsp3) is 0.462. The lowest BCUT2D eigenvalue weighted by Gasteiger charge is -2.23. The molecule has 9 heteroatoms. The Labute approximate surface area is 132 Å². The highest BCUT2D eigenvalue weighted by Gasteiger charge is 2.17. The van der Waals surface area contributed by atoms with Gasteiger partial charge in [0.15, 0.2) is 0 Å². The van der Waals surface area contributed by atoms with Gasteiger partial charge in [-0.1, -0.05) is 11.3 Å². The number of nitrogens with zero attached hydrogens (tertiary/aromatic N) is 5. The summed E-state index contributed by atoms with van der Waals surface area (Å²) in [5.41, 5.74) is 0.864. The molecule has 0 saturated carbocycles. The minimum atomic E-state index is -0.150. The summed E-state index contributed by atoms with van der Waals surface area (Å²) in [6.07, 6.45) is 3.18. The molecule has 0 aliphatic heterocycles.